The van der Waals surface area contributed by atoms with Crippen LogP contribution in [-0.4, -0.2) is 80.5 Å². The number of carbonyl (C=O) groups is 1. The van der Waals surface area contributed by atoms with Crippen LogP contribution in [0.2, 0.25) is 10.0 Å². The molecule has 2 aliphatic rings. The Kier molecular flexibility index (Phi) is 6.95. The van der Waals surface area contributed by atoms with E-state index in [1.54, 1.807) is 25.1 Å². The van der Waals surface area contributed by atoms with E-state index in [4.69, 9.17) is 28.6 Å². The summed E-state index contributed by atoms with van der Waals surface area (Å²) in [4.78, 5) is 42.6. The van der Waals surface area contributed by atoms with Crippen LogP contribution in [0.25, 0.3) is 16.7 Å². The van der Waals surface area contributed by atoms with Gasteiger partial charge in [0.2, 0.25) is 11.9 Å². The number of nitrogens with zero attached hydrogens (tertiary/aromatic N) is 6. The third kappa shape index (κ3) is 4.91. The van der Waals surface area contributed by atoms with Crippen LogP contribution >= 0.6 is 23.2 Å². The molecule has 1 amide bonds. The molecule has 2 saturated heterocycles. The molecule has 40 heavy (non-hydrogen) atoms. The van der Waals surface area contributed by atoms with E-state index >= 15 is 0 Å². The van der Waals surface area contributed by atoms with E-state index in [1.807, 2.05) is 17.0 Å². The van der Waals surface area contributed by atoms with Crippen LogP contribution in [0.15, 0.2) is 53.5 Å². The fourth-order valence-electron chi connectivity index (χ4n) is 5.18. The number of benzene rings is 2. The number of aromatic nitrogens is 4. The molecule has 2 fully saturated rings. The van der Waals surface area contributed by atoms with Gasteiger partial charge in [0.25, 0.3) is 0 Å². The van der Waals surface area contributed by atoms with Crippen LogP contribution in [0.1, 0.15) is 6.92 Å². The van der Waals surface area contributed by atoms with Crippen LogP contribution in [-0.2, 0) is 4.79 Å². The second-order valence-corrected chi connectivity index (χ2v) is 10.7. The maximum Gasteiger partial charge on any atom is 0.333 e. The van der Waals surface area contributed by atoms with E-state index in [-0.39, 0.29) is 38.7 Å². The zero-order chi connectivity index (χ0) is 28.0. The maximum atomic E-state index is 12.9. The summed E-state index contributed by atoms with van der Waals surface area (Å²) in [5.74, 6) is 0.441. The Morgan fingerprint density at radius 2 is 1.73 bits per heavy atom. The summed E-state index contributed by atoms with van der Waals surface area (Å²) >= 11 is 12.6. The molecule has 0 radical (unpaired) electrons. The topological polar surface area (TPSA) is 126 Å². The SMILES string of the molecule is CC(=O)N1CC(N2CCN(c3ccc(Nc4ncc5c(=N)n(-c6c(Cl)cccc6Cl)c(=O)[nH]c5n4)cc3)CC2)C1. The highest BCUT2D eigenvalue weighted by molar-refractivity contribution is 6.37. The molecule has 11 nitrogen and oxygen atoms in total. The van der Waals surface area contributed by atoms with Crippen LogP contribution in [0.4, 0.5) is 17.3 Å². The lowest BCUT2D eigenvalue weighted by atomic mass is 10.1. The van der Waals surface area contributed by atoms with E-state index in [2.05, 4.69) is 42.2 Å². The number of amides is 1. The van der Waals surface area contributed by atoms with Crippen molar-refractivity contribution in [3.05, 3.63) is 74.7 Å². The number of hydrogen-bond acceptors (Lipinski definition) is 8. The summed E-state index contributed by atoms with van der Waals surface area (Å²) in [6, 6.07) is 13.4. The molecule has 206 valence electrons. The quantitative estimate of drug-likeness (QED) is 0.332. The molecule has 0 unspecified atom stereocenters. The average Bonchev–Trinajstić information content (AvgIpc) is 2.90. The van der Waals surface area contributed by atoms with E-state index in [0.29, 0.717) is 11.4 Å². The number of H-pyrrole nitrogens is 1. The van der Waals surface area contributed by atoms with E-state index in [1.165, 1.54) is 6.20 Å². The normalized spacial score (nSPS) is 16.3. The van der Waals surface area contributed by atoms with Gasteiger partial charge in [-0.2, -0.15) is 4.98 Å². The standard InChI is InChI=1S/C27H27Cl2N9O2/c1-16(39)37-14-19(15-37)36-11-9-35(10-12-36)18-7-5-17(6-8-18)32-26-31-13-20-24(30)38(27(40)34-25(20)33-26)23-21(28)3-2-4-22(23)29/h2-8,13,19,30H,9-12,14-15H2,1H3,(H2,31,32,33,34,40). The number of hydrogen-bond donors (Lipinski definition) is 3. The molecule has 4 heterocycles. The van der Waals surface area contributed by atoms with Gasteiger partial charge in [0.1, 0.15) is 5.49 Å². The molecule has 0 aliphatic carbocycles. The lowest BCUT2D eigenvalue weighted by molar-refractivity contribution is -0.136. The van der Waals surface area contributed by atoms with Crippen molar-refractivity contribution in [3.8, 4) is 5.69 Å². The molecule has 13 heteroatoms. The zero-order valence-electron chi connectivity index (χ0n) is 21.7. The molecule has 0 bridgehead atoms. The molecule has 0 atom stereocenters. The van der Waals surface area contributed by atoms with Gasteiger partial charge >= 0.3 is 5.69 Å². The highest BCUT2D eigenvalue weighted by Gasteiger charge is 2.34. The number of anilines is 3. The number of fused-ring (bicyclic) bond motifs is 1. The van der Waals surface area contributed by atoms with Gasteiger partial charge in [0, 0.05) is 69.8 Å². The minimum atomic E-state index is -0.588. The summed E-state index contributed by atoms with van der Waals surface area (Å²) in [5.41, 5.74) is 1.66. The predicted molar refractivity (Wildman–Crippen MR) is 155 cm³/mol. The van der Waals surface area contributed by atoms with Crippen molar-refractivity contribution in [2.24, 2.45) is 0 Å². The molecule has 4 aromatic rings. The van der Waals surface area contributed by atoms with Crippen molar-refractivity contribution in [1.82, 2.24) is 29.3 Å². The Hall–Kier alpha value is -3.93. The third-order valence-corrected chi connectivity index (χ3v) is 8.09. The van der Waals surface area contributed by atoms with Crippen LogP contribution < -0.4 is 21.4 Å². The largest absolute Gasteiger partial charge is 0.369 e. The Bertz CT molecular complexity index is 1690. The first kappa shape index (κ1) is 26.3. The van der Waals surface area contributed by atoms with Crippen molar-refractivity contribution >= 4 is 57.5 Å². The summed E-state index contributed by atoms with van der Waals surface area (Å²) in [5, 5.41) is 12.6. The van der Waals surface area contributed by atoms with Gasteiger partial charge in [-0.3, -0.25) is 20.1 Å². The molecule has 2 aromatic heterocycles. The summed E-state index contributed by atoms with van der Waals surface area (Å²) < 4.78 is 1.11. The number of likely N-dealkylation sites (tertiary alicyclic amines) is 1. The second-order valence-electron chi connectivity index (χ2n) is 9.91. The number of carbonyl (C=O) groups excluding carboxylic acids is 1. The number of para-hydroxylation sites is 1. The highest BCUT2D eigenvalue weighted by atomic mass is 35.5. The molecule has 3 N–H and O–H groups in total. The van der Waals surface area contributed by atoms with Crippen molar-refractivity contribution < 1.29 is 4.79 Å². The Labute approximate surface area is 239 Å². The minimum absolute atomic E-state index is 0.127. The van der Waals surface area contributed by atoms with Crippen LogP contribution in [0, 0.1) is 5.41 Å². The molecule has 6 rings (SSSR count). The lowest BCUT2D eigenvalue weighted by Crippen LogP contribution is -2.63. The molecule has 2 aromatic carbocycles. The van der Waals surface area contributed by atoms with E-state index in [0.717, 1.165) is 55.2 Å². The number of nitrogens with one attached hydrogen (secondary N) is 3. The summed E-state index contributed by atoms with van der Waals surface area (Å²) in [6.45, 7) is 7.10. The lowest BCUT2D eigenvalue weighted by Gasteiger charge is -2.48. The average molecular weight is 580 g/mol. The Morgan fingerprint density at radius 3 is 2.38 bits per heavy atom. The molecule has 2 aliphatic heterocycles. The third-order valence-electron chi connectivity index (χ3n) is 7.48. The Balaban J connectivity index is 1.14. The predicted octanol–water partition coefficient (Wildman–Crippen LogP) is 2.99. The first-order valence-electron chi connectivity index (χ1n) is 12.9. The highest BCUT2D eigenvalue weighted by Crippen LogP contribution is 2.27. The molecular weight excluding hydrogens is 553 g/mol. The first-order valence-corrected chi connectivity index (χ1v) is 13.7. The van der Waals surface area contributed by atoms with Crippen LogP contribution in [0.3, 0.4) is 0 Å². The maximum absolute atomic E-state index is 12.9. The van der Waals surface area contributed by atoms with Crippen molar-refractivity contribution in [2.45, 2.75) is 13.0 Å². The fourth-order valence-corrected chi connectivity index (χ4v) is 5.75. The number of rotatable bonds is 5. The molecular formula is C27H27Cl2N9O2. The first-order chi connectivity index (χ1) is 19.3. The number of aromatic amines is 1. The van der Waals surface area contributed by atoms with Gasteiger partial charge in [-0.15, -0.1) is 0 Å². The smallest absolute Gasteiger partial charge is 0.333 e. The van der Waals surface area contributed by atoms with Gasteiger partial charge in [0.05, 0.1) is 21.1 Å². The fraction of sp³-hybridized carbons (Fsp3) is 0.296. The monoisotopic (exact) mass is 579 g/mol. The van der Waals surface area contributed by atoms with Gasteiger partial charge in [-0.05, 0) is 36.4 Å². The van der Waals surface area contributed by atoms with Crippen LogP contribution in [0.5, 0.6) is 0 Å². The summed E-state index contributed by atoms with van der Waals surface area (Å²) in [7, 11) is 0. The van der Waals surface area contributed by atoms with E-state index in [9.17, 15) is 9.59 Å². The van der Waals surface area contributed by atoms with Gasteiger partial charge in [-0.25, -0.2) is 14.3 Å². The Morgan fingerprint density at radius 1 is 1.05 bits per heavy atom. The van der Waals surface area contributed by atoms with Crippen molar-refractivity contribution in [1.29, 1.82) is 5.41 Å². The molecule has 0 spiro atoms. The summed E-state index contributed by atoms with van der Waals surface area (Å²) in [6.07, 6.45) is 1.48. The number of piperazine rings is 1. The second kappa shape index (κ2) is 10.6. The van der Waals surface area contributed by atoms with Gasteiger partial charge in [0.15, 0.2) is 5.65 Å². The minimum Gasteiger partial charge on any atom is -0.369 e. The van der Waals surface area contributed by atoms with Crippen molar-refractivity contribution in [2.75, 3.05) is 49.5 Å². The number of halogens is 2. The van der Waals surface area contributed by atoms with Gasteiger partial charge < -0.3 is 15.1 Å². The van der Waals surface area contributed by atoms with Gasteiger partial charge in [-0.1, -0.05) is 29.3 Å². The van der Waals surface area contributed by atoms with E-state index < -0.39 is 5.69 Å². The zero-order valence-corrected chi connectivity index (χ0v) is 23.2. The van der Waals surface area contributed by atoms with Crippen molar-refractivity contribution in [3.63, 3.8) is 0 Å². The molecule has 0 saturated carbocycles.